The van der Waals surface area contributed by atoms with E-state index in [1.807, 2.05) is 0 Å². The lowest BCUT2D eigenvalue weighted by Gasteiger charge is -1.94. The van der Waals surface area contributed by atoms with Crippen LogP contribution in [0, 0.1) is 0 Å². The van der Waals surface area contributed by atoms with Crippen LogP contribution in [-0.2, 0) is 4.18 Å². The largest absolute Gasteiger partial charge is 0.393 e. The van der Waals surface area contributed by atoms with E-state index in [4.69, 9.17) is 9.29 Å². The highest BCUT2D eigenvalue weighted by atomic mass is 32.2. The Morgan fingerprint density at radius 2 is 2.50 bits per heavy atom. The van der Waals surface area contributed by atoms with Crippen molar-refractivity contribution in [3.8, 4) is 0 Å². The van der Waals surface area contributed by atoms with Crippen molar-refractivity contribution in [1.29, 1.82) is 0 Å². The molecule has 46 valence electrons. The average Bonchev–Trinajstić information content (AvgIpc) is 2.34. The van der Waals surface area contributed by atoms with Gasteiger partial charge in [0.2, 0.25) is 0 Å². The first-order valence-corrected chi connectivity index (χ1v) is 3.60. The lowest BCUT2D eigenvalue weighted by Crippen LogP contribution is -2.03. The minimum atomic E-state index is -0.0926. The summed E-state index contributed by atoms with van der Waals surface area (Å²) in [6.07, 6.45) is 2.72. The van der Waals surface area contributed by atoms with Gasteiger partial charge in [0, 0.05) is 18.5 Å². The summed E-state index contributed by atoms with van der Waals surface area (Å²) in [6.45, 7) is 0. The Morgan fingerprint density at radius 1 is 1.75 bits per heavy atom. The predicted molar refractivity (Wildman–Crippen MR) is 31.3 cm³/mol. The highest BCUT2D eigenvalue weighted by Gasteiger charge is 2.52. The Balaban J connectivity index is 2.03. The van der Waals surface area contributed by atoms with Gasteiger partial charge in [0.05, 0.1) is 6.10 Å². The highest BCUT2D eigenvalue weighted by Crippen LogP contribution is 2.57. The molecule has 2 rings (SSSR count). The van der Waals surface area contributed by atoms with Crippen molar-refractivity contribution >= 4 is 12.0 Å². The monoisotopic (exact) mass is 132 g/mol. The van der Waals surface area contributed by atoms with Crippen LogP contribution in [0.15, 0.2) is 0 Å². The maximum Gasteiger partial charge on any atom is 0.156 e. The lowest BCUT2D eigenvalue weighted by molar-refractivity contribution is 0.170. The summed E-state index contributed by atoms with van der Waals surface area (Å²) in [7, 11) is 0. The van der Waals surface area contributed by atoms with Gasteiger partial charge in [-0.15, -0.1) is 0 Å². The fourth-order valence-corrected chi connectivity index (χ4v) is 1.89. The van der Waals surface area contributed by atoms with Gasteiger partial charge in [0.1, 0.15) is 0 Å². The fourth-order valence-electron chi connectivity index (χ4n) is 1.16. The minimum Gasteiger partial charge on any atom is -0.393 e. The van der Waals surface area contributed by atoms with Gasteiger partial charge in [-0.3, -0.25) is 4.18 Å². The summed E-state index contributed by atoms with van der Waals surface area (Å²) in [5.74, 6) is 0. The predicted octanol–water partition coefficient (Wildman–Crippen LogP) is 0.906. The van der Waals surface area contributed by atoms with E-state index < -0.39 is 0 Å². The third-order valence-electron chi connectivity index (χ3n) is 1.72. The van der Waals surface area contributed by atoms with Crippen LogP contribution in [0.4, 0.5) is 0 Å². The van der Waals surface area contributed by atoms with E-state index in [9.17, 15) is 0 Å². The second kappa shape index (κ2) is 1.40. The standard InChI is InChI=1S/C5H8O2S/c6-4-1-2-5(3-4)7-8-5/h4,6H,1-3H2. The molecule has 1 N–H and O–H groups in total. The summed E-state index contributed by atoms with van der Waals surface area (Å²) in [4.78, 5) is 0.0828. The Morgan fingerprint density at radius 3 is 2.75 bits per heavy atom. The van der Waals surface area contributed by atoms with Crippen molar-refractivity contribution in [2.45, 2.75) is 30.3 Å². The number of hydrogen-bond acceptors (Lipinski definition) is 3. The van der Waals surface area contributed by atoms with Crippen LogP contribution in [0.5, 0.6) is 0 Å². The fraction of sp³-hybridized carbons (Fsp3) is 1.00. The zero-order valence-corrected chi connectivity index (χ0v) is 5.28. The molecule has 2 nitrogen and oxygen atoms in total. The maximum atomic E-state index is 9.01. The molecule has 0 aromatic rings. The molecule has 0 radical (unpaired) electrons. The Bertz CT molecular complexity index is 111. The van der Waals surface area contributed by atoms with E-state index in [1.165, 1.54) is 12.0 Å². The second-order valence-corrected chi connectivity index (χ2v) is 3.55. The molecule has 3 heteroatoms. The van der Waals surface area contributed by atoms with Crippen molar-refractivity contribution in [1.82, 2.24) is 0 Å². The molecule has 2 atom stereocenters. The van der Waals surface area contributed by atoms with E-state index in [2.05, 4.69) is 0 Å². The topological polar surface area (TPSA) is 32.8 Å². The van der Waals surface area contributed by atoms with Crippen molar-refractivity contribution < 1.29 is 9.29 Å². The van der Waals surface area contributed by atoms with Gasteiger partial charge >= 0.3 is 0 Å². The molecule has 1 aliphatic carbocycles. The lowest BCUT2D eigenvalue weighted by atomic mass is 10.3. The average molecular weight is 132 g/mol. The summed E-state index contributed by atoms with van der Waals surface area (Å²) >= 11 is 1.52. The van der Waals surface area contributed by atoms with Crippen LogP contribution in [0.2, 0.25) is 0 Å². The zero-order chi connectivity index (χ0) is 5.61. The first-order chi connectivity index (χ1) is 3.81. The van der Waals surface area contributed by atoms with Crippen molar-refractivity contribution in [3.63, 3.8) is 0 Å². The Kier molecular flexibility index (Phi) is 0.892. The van der Waals surface area contributed by atoms with Crippen LogP contribution in [0.3, 0.4) is 0 Å². The molecule has 0 bridgehead atoms. The van der Waals surface area contributed by atoms with Crippen LogP contribution in [0.25, 0.3) is 0 Å². The number of rotatable bonds is 0. The normalized spacial score (nSPS) is 52.9. The molecule has 1 saturated carbocycles. The van der Waals surface area contributed by atoms with Gasteiger partial charge < -0.3 is 5.11 Å². The van der Waals surface area contributed by atoms with Crippen molar-refractivity contribution in [3.05, 3.63) is 0 Å². The van der Waals surface area contributed by atoms with E-state index in [-0.39, 0.29) is 11.0 Å². The molecule has 2 fully saturated rings. The molecule has 1 aliphatic heterocycles. The van der Waals surface area contributed by atoms with Crippen LogP contribution in [-0.4, -0.2) is 16.1 Å². The first kappa shape index (κ1) is 5.09. The van der Waals surface area contributed by atoms with E-state index in [1.54, 1.807) is 0 Å². The maximum absolute atomic E-state index is 9.01. The molecule has 1 heterocycles. The summed E-state index contributed by atoms with van der Waals surface area (Å²) in [5, 5.41) is 9.01. The molecule has 1 spiro atoms. The molecule has 0 amide bonds. The van der Waals surface area contributed by atoms with Gasteiger partial charge in [-0.2, -0.15) is 0 Å². The van der Waals surface area contributed by atoms with E-state index in [0.29, 0.717) is 0 Å². The van der Waals surface area contributed by atoms with Crippen molar-refractivity contribution in [2.24, 2.45) is 0 Å². The first-order valence-electron chi connectivity index (χ1n) is 2.86. The third kappa shape index (κ3) is 0.658. The zero-order valence-electron chi connectivity index (χ0n) is 4.46. The summed E-state index contributed by atoms with van der Waals surface area (Å²) in [5.41, 5.74) is 0. The molecule has 0 aromatic carbocycles. The quantitative estimate of drug-likeness (QED) is 0.392. The van der Waals surface area contributed by atoms with Gasteiger partial charge in [0.25, 0.3) is 0 Å². The van der Waals surface area contributed by atoms with Crippen LogP contribution >= 0.6 is 12.0 Å². The Hall–Kier alpha value is 0.270. The second-order valence-electron chi connectivity index (χ2n) is 2.47. The minimum absolute atomic E-state index is 0.0828. The van der Waals surface area contributed by atoms with E-state index >= 15 is 0 Å². The highest BCUT2D eigenvalue weighted by molar-refractivity contribution is 8.01. The van der Waals surface area contributed by atoms with Gasteiger partial charge in [-0.05, 0) is 12.8 Å². The van der Waals surface area contributed by atoms with Crippen LogP contribution in [0.1, 0.15) is 19.3 Å². The van der Waals surface area contributed by atoms with Crippen LogP contribution < -0.4 is 0 Å². The molecule has 8 heavy (non-hydrogen) atoms. The summed E-state index contributed by atoms with van der Waals surface area (Å²) < 4.78 is 5.08. The molecular formula is C5H8O2S. The van der Waals surface area contributed by atoms with Gasteiger partial charge in [-0.1, -0.05) is 0 Å². The number of hydrogen-bond donors (Lipinski definition) is 1. The molecule has 0 aromatic heterocycles. The third-order valence-corrected chi connectivity index (χ3v) is 2.73. The molecule has 2 aliphatic rings. The number of aliphatic hydroxyl groups is 1. The number of aliphatic hydroxyl groups excluding tert-OH is 1. The summed E-state index contributed by atoms with van der Waals surface area (Å²) in [6, 6.07) is 0. The Labute approximate surface area is 52.4 Å². The van der Waals surface area contributed by atoms with Gasteiger partial charge in [0.15, 0.2) is 4.93 Å². The SMILES string of the molecule is OC1CCC2(C1)OS2. The molecule has 2 unspecified atom stereocenters. The molecule has 1 saturated heterocycles. The van der Waals surface area contributed by atoms with Crippen molar-refractivity contribution in [2.75, 3.05) is 0 Å². The molecular weight excluding hydrogens is 124 g/mol. The smallest absolute Gasteiger partial charge is 0.156 e. The van der Waals surface area contributed by atoms with E-state index in [0.717, 1.165) is 19.3 Å². The van der Waals surface area contributed by atoms with Gasteiger partial charge in [-0.25, -0.2) is 0 Å².